The van der Waals surface area contributed by atoms with Crippen molar-refractivity contribution < 1.29 is 4.52 Å². The Kier molecular flexibility index (Phi) is 2.67. The van der Waals surface area contributed by atoms with E-state index in [1.165, 1.54) is 6.07 Å². The van der Waals surface area contributed by atoms with Gasteiger partial charge in [-0.3, -0.25) is 4.79 Å². The summed E-state index contributed by atoms with van der Waals surface area (Å²) in [7, 11) is 0. The van der Waals surface area contributed by atoms with Crippen LogP contribution in [0.5, 0.6) is 0 Å². The van der Waals surface area contributed by atoms with Crippen LogP contribution in [0, 0.1) is 13.8 Å². The van der Waals surface area contributed by atoms with Gasteiger partial charge in [0.2, 0.25) is 5.89 Å². The first-order valence-corrected chi connectivity index (χ1v) is 4.74. The van der Waals surface area contributed by atoms with Gasteiger partial charge in [-0.25, -0.2) is 4.98 Å². The number of nitrogens with one attached hydrogen (secondary N) is 2. The molecule has 2 heterocycles. The molecule has 0 atom stereocenters. The maximum absolute atomic E-state index is 11.1. The third kappa shape index (κ3) is 2.44. The van der Waals surface area contributed by atoms with E-state index in [1.54, 1.807) is 13.8 Å². The van der Waals surface area contributed by atoms with Gasteiger partial charge in [-0.1, -0.05) is 5.16 Å². The third-order valence-corrected chi connectivity index (χ3v) is 1.86. The van der Waals surface area contributed by atoms with Crippen molar-refractivity contribution in [2.24, 2.45) is 0 Å². The maximum atomic E-state index is 11.1. The van der Waals surface area contributed by atoms with Crippen LogP contribution in [0.1, 0.15) is 17.5 Å². The predicted octanol–water partition coefficient (Wildman–Crippen LogP) is 0.382. The molecule has 0 aliphatic rings. The molecule has 0 unspecified atom stereocenters. The second-order valence-corrected chi connectivity index (χ2v) is 3.30. The van der Waals surface area contributed by atoms with Gasteiger partial charge in [0.05, 0.1) is 6.54 Å². The Bertz CT molecular complexity index is 545. The molecule has 0 fully saturated rings. The molecule has 7 nitrogen and oxygen atoms in total. The number of nitrogens with zero attached hydrogens (tertiary/aromatic N) is 3. The highest BCUT2D eigenvalue weighted by Crippen LogP contribution is 2.01. The average molecular weight is 221 g/mol. The smallest absolute Gasteiger partial charge is 0.252 e. The highest BCUT2D eigenvalue weighted by molar-refractivity contribution is 5.32. The summed E-state index contributed by atoms with van der Waals surface area (Å²) in [4.78, 5) is 21.8. The standard InChI is InChI=1S/C9H11N5O2/c1-5-11-7(3-9(15)12-5)10-4-8-13-6(2)16-14-8/h3H,4H2,1-2H3,(H2,10,11,12,15). The fraction of sp³-hybridized carbons (Fsp3) is 0.333. The second kappa shape index (κ2) is 4.13. The van der Waals surface area contributed by atoms with Crippen LogP contribution in [0.25, 0.3) is 0 Å². The van der Waals surface area contributed by atoms with Gasteiger partial charge in [0.15, 0.2) is 5.82 Å². The molecule has 0 amide bonds. The molecule has 2 rings (SSSR count). The minimum Gasteiger partial charge on any atom is -0.362 e. The van der Waals surface area contributed by atoms with Crippen molar-refractivity contribution in [3.05, 3.63) is 34.0 Å². The Morgan fingerprint density at radius 3 is 2.88 bits per heavy atom. The Morgan fingerprint density at radius 1 is 1.44 bits per heavy atom. The first-order valence-electron chi connectivity index (χ1n) is 4.74. The van der Waals surface area contributed by atoms with E-state index in [-0.39, 0.29) is 5.56 Å². The minimum atomic E-state index is -0.195. The lowest BCUT2D eigenvalue weighted by Gasteiger charge is -2.02. The second-order valence-electron chi connectivity index (χ2n) is 3.30. The molecule has 2 N–H and O–H groups in total. The first-order chi connectivity index (χ1) is 7.63. The van der Waals surface area contributed by atoms with Crippen molar-refractivity contribution in [1.29, 1.82) is 0 Å². The van der Waals surface area contributed by atoms with E-state index < -0.39 is 0 Å². The van der Waals surface area contributed by atoms with Gasteiger partial charge in [-0.2, -0.15) is 4.98 Å². The van der Waals surface area contributed by atoms with E-state index in [0.717, 1.165) is 0 Å². The summed E-state index contributed by atoms with van der Waals surface area (Å²) in [5, 5.41) is 6.65. The molecule has 0 bridgehead atoms. The first kappa shape index (κ1) is 10.3. The van der Waals surface area contributed by atoms with Gasteiger partial charge in [0.25, 0.3) is 5.56 Å². The summed E-state index contributed by atoms with van der Waals surface area (Å²) in [6, 6.07) is 1.37. The third-order valence-electron chi connectivity index (χ3n) is 1.86. The zero-order valence-corrected chi connectivity index (χ0v) is 8.94. The molecule has 0 aliphatic heterocycles. The van der Waals surface area contributed by atoms with Crippen LogP contribution in [0.4, 0.5) is 5.82 Å². The van der Waals surface area contributed by atoms with Crippen LogP contribution in [0.15, 0.2) is 15.4 Å². The van der Waals surface area contributed by atoms with Crippen molar-refractivity contribution in [1.82, 2.24) is 20.1 Å². The molecule has 0 radical (unpaired) electrons. The van der Waals surface area contributed by atoms with Gasteiger partial charge < -0.3 is 14.8 Å². The van der Waals surface area contributed by atoms with Gasteiger partial charge in [-0.05, 0) is 6.92 Å². The summed E-state index contributed by atoms with van der Waals surface area (Å²) in [6.45, 7) is 3.80. The normalized spacial score (nSPS) is 10.4. The Hall–Kier alpha value is -2.18. The molecule has 0 spiro atoms. The monoisotopic (exact) mass is 221 g/mol. The quantitative estimate of drug-likeness (QED) is 0.777. The summed E-state index contributed by atoms with van der Waals surface area (Å²) in [6.07, 6.45) is 0. The molecule has 7 heteroatoms. The number of hydrogen-bond acceptors (Lipinski definition) is 6. The van der Waals surface area contributed by atoms with Crippen LogP contribution in [0.3, 0.4) is 0 Å². The Labute approximate surface area is 90.9 Å². The SMILES string of the molecule is Cc1nc(NCc2noc(C)n2)cc(=O)[nH]1. The summed E-state index contributed by atoms with van der Waals surface area (Å²) < 4.78 is 4.81. The largest absolute Gasteiger partial charge is 0.362 e. The molecule has 2 aromatic heterocycles. The predicted molar refractivity (Wildman–Crippen MR) is 56.0 cm³/mol. The molecule has 0 aromatic carbocycles. The van der Waals surface area contributed by atoms with E-state index in [0.29, 0.717) is 29.9 Å². The molecular formula is C9H11N5O2. The number of aryl methyl sites for hydroxylation is 2. The van der Waals surface area contributed by atoms with E-state index in [2.05, 4.69) is 25.4 Å². The zero-order valence-electron chi connectivity index (χ0n) is 8.94. The molecule has 84 valence electrons. The highest BCUT2D eigenvalue weighted by atomic mass is 16.5. The summed E-state index contributed by atoms with van der Waals surface area (Å²) in [5.74, 6) is 2.08. The molecule has 0 saturated carbocycles. The Morgan fingerprint density at radius 2 is 2.25 bits per heavy atom. The van der Waals surface area contributed by atoms with Crippen LogP contribution in [0.2, 0.25) is 0 Å². The number of anilines is 1. The lowest BCUT2D eigenvalue weighted by molar-refractivity contribution is 0.388. The molecule has 0 aliphatic carbocycles. The van der Waals surface area contributed by atoms with Crippen molar-refractivity contribution in [2.45, 2.75) is 20.4 Å². The maximum Gasteiger partial charge on any atom is 0.252 e. The fourth-order valence-corrected chi connectivity index (χ4v) is 1.25. The van der Waals surface area contributed by atoms with Crippen molar-refractivity contribution in [3.63, 3.8) is 0 Å². The number of aromatic amines is 1. The summed E-state index contributed by atoms with van der Waals surface area (Å²) >= 11 is 0. The van der Waals surface area contributed by atoms with E-state index in [9.17, 15) is 4.79 Å². The van der Waals surface area contributed by atoms with E-state index in [1.807, 2.05) is 0 Å². The van der Waals surface area contributed by atoms with Crippen LogP contribution >= 0.6 is 0 Å². The van der Waals surface area contributed by atoms with Crippen molar-refractivity contribution in [3.8, 4) is 0 Å². The molecule has 2 aromatic rings. The van der Waals surface area contributed by atoms with Crippen molar-refractivity contribution >= 4 is 5.82 Å². The van der Waals surface area contributed by atoms with Gasteiger partial charge in [0, 0.05) is 13.0 Å². The van der Waals surface area contributed by atoms with Crippen LogP contribution < -0.4 is 10.9 Å². The molecule has 0 saturated heterocycles. The van der Waals surface area contributed by atoms with Crippen LogP contribution in [-0.4, -0.2) is 20.1 Å². The minimum absolute atomic E-state index is 0.195. The molecular weight excluding hydrogens is 210 g/mol. The lowest BCUT2D eigenvalue weighted by atomic mass is 10.5. The van der Waals surface area contributed by atoms with E-state index in [4.69, 9.17) is 4.52 Å². The highest BCUT2D eigenvalue weighted by Gasteiger charge is 2.03. The molecule has 16 heavy (non-hydrogen) atoms. The Balaban J connectivity index is 2.07. The zero-order chi connectivity index (χ0) is 11.5. The van der Waals surface area contributed by atoms with Crippen molar-refractivity contribution in [2.75, 3.05) is 5.32 Å². The number of aromatic nitrogens is 4. The number of rotatable bonds is 3. The fourth-order valence-electron chi connectivity index (χ4n) is 1.25. The van der Waals surface area contributed by atoms with E-state index >= 15 is 0 Å². The van der Waals surface area contributed by atoms with Gasteiger partial charge in [-0.15, -0.1) is 0 Å². The van der Waals surface area contributed by atoms with Gasteiger partial charge in [0.1, 0.15) is 11.6 Å². The lowest BCUT2D eigenvalue weighted by Crippen LogP contribution is -2.12. The summed E-state index contributed by atoms with van der Waals surface area (Å²) in [5.41, 5.74) is -0.195. The topological polar surface area (TPSA) is 96.7 Å². The number of hydrogen-bond donors (Lipinski definition) is 2. The van der Waals surface area contributed by atoms with Gasteiger partial charge >= 0.3 is 0 Å². The number of H-pyrrole nitrogens is 1. The average Bonchev–Trinajstić information content (AvgIpc) is 2.60. The van der Waals surface area contributed by atoms with Crippen LogP contribution in [-0.2, 0) is 6.54 Å².